The van der Waals surface area contributed by atoms with E-state index < -0.39 is 16.1 Å². The Balaban J connectivity index is 0.000000141. The van der Waals surface area contributed by atoms with Crippen molar-refractivity contribution in [3.05, 3.63) is 504 Å². The molecule has 656 valence electrons. The van der Waals surface area contributed by atoms with Crippen LogP contribution in [0.15, 0.2) is 513 Å². The molecule has 0 N–H and O–H groups in total. The zero-order valence-electron chi connectivity index (χ0n) is 75.8. The fraction of sp³-hybridized carbons (Fsp3) is 0. The molecule has 8 aromatic heterocycles. The molecule has 11 nitrogen and oxygen atoms in total. The Labute approximate surface area is 807 Å². The number of aromatic nitrogens is 9. The second-order valence-corrected chi connectivity index (χ2v) is 43.6. The van der Waals surface area contributed by atoms with Crippen LogP contribution in [0.25, 0.3) is 199 Å². The summed E-state index contributed by atoms with van der Waals surface area (Å²) in [5.41, 5.74) is 21.9. The van der Waals surface area contributed by atoms with E-state index in [1.54, 1.807) is 6.33 Å². The molecular weight excluding hydrogens is 1740 g/mol. The van der Waals surface area contributed by atoms with Crippen LogP contribution < -0.4 is 41.5 Å². The van der Waals surface area contributed by atoms with Crippen LogP contribution in [0.1, 0.15) is 0 Å². The maximum absolute atomic E-state index is 6.88. The Morgan fingerprint density at radius 2 is 0.471 bits per heavy atom. The molecule has 0 unspecified atom stereocenters. The molecule has 8 heterocycles. The van der Waals surface area contributed by atoms with E-state index in [-0.39, 0.29) is 0 Å². The summed E-state index contributed by atoms with van der Waals surface area (Å²) in [6.45, 7) is 0. The minimum Gasteiger partial charge on any atom is -0.456 e. The van der Waals surface area contributed by atoms with Gasteiger partial charge in [0.2, 0.25) is 0 Å². The number of furan rings is 2. The molecule has 0 saturated carbocycles. The summed E-state index contributed by atoms with van der Waals surface area (Å²) < 4.78 is 23.2. The fourth-order valence-electron chi connectivity index (χ4n) is 22.5. The smallest absolute Gasteiger partial charge is 0.184 e. The van der Waals surface area contributed by atoms with Crippen molar-refractivity contribution < 1.29 is 8.83 Å². The molecule has 13 heteroatoms. The van der Waals surface area contributed by atoms with Crippen LogP contribution in [-0.2, 0) is 0 Å². The maximum atomic E-state index is 6.88. The normalized spacial score (nSPS) is 12.0. The maximum Gasteiger partial charge on any atom is 0.184 e. The van der Waals surface area contributed by atoms with Crippen molar-refractivity contribution in [3.8, 4) is 68.2 Å². The highest BCUT2D eigenvalue weighted by Crippen LogP contribution is 2.42. The summed E-state index contributed by atoms with van der Waals surface area (Å²) in [4.78, 5) is 25.1. The van der Waals surface area contributed by atoms with Crippen molar-refractivity contribution in [2.45, 2.75) is 0 Å². The van der Waals surface area contributed by atoms with Crippen LogP contribution in [0.2, 0.25) is 0 Å². The van der Waals surface area contributed by atoms with Gasteiger partial charge in [-0.2, -0.15) is 0 Å². The molecule has 0 radical (unpaired) electrons. The Hall–Kier alpha value is -18.3. The van der Waals surface area contributed by atoms with Gasteiger partial charge in [-0.3, -0.25) is 0 Å². The molecule has 0 fully saturated rings. The van der Waals surface area contributed by atoms with Gasteiger partial charge in [0, 0.05) is 116 Å². The summed E-state index contributed by atoms with van der Waals surface area (Å²) in [6, 6.07) is 177. The minimum absolute atomic E-state index is 0.605. The number of para-hydroxylation sites is 10. The highest BCUT2D eigenvalue weighted by Gasteiger charge is 2.46. The van der Waals surface area contributed by atoms with Gasteiger partial charge in [-0.1, -0.05) is 376 Å². The van der Waals surface area contributed by atoms with Crippen molar-refractivity contribution >= 4 is 189 Å². The van der Waals surface area contributed by atoms with Crippen molar-refractivity contribution in [2.24, 2.45) is 0 Å². The molecule has 0 spiro atoms. The van der Waals surface area contributed by atoms with E-state index in [0.717, 1.165) is 117 Å². The van der Waals surface area contributed by atoms with Crippen LogP contribution in [0.4, 0.5) is 0 Å². The molecule has 28 rings (SSSR count). The highest BCUT2D eigenvalue weighted by molar-refractivity contribution is 7.21. The lowest BCUT2D eigenvalue weighted by Crippen LogP contribution is -2.74. The van der Waals surface area contributed by atoms with Crippen molar-refractivity contribution in [1.82, 2.24) is 43.2 Å². The molecule has 0 aliphatic heterocycles. The lowest BCUT2D eigenvalue weighted by molar-refractivity contribution is 0.671. The molecule has 0 bridgehead atoms. The quantitative estimate of drug-likeness (QED) is 0.0700. The summed E-state index contributed by atoms with van der Waals surface area (Å²) >= 11 is 0. The standard InChI is InChI=1S/C64H42N4OSi.C63H41N5OSi/c1-3-21-47(22-4-1)70(48-23-5-2-6-24-48,62-35-17-30-54-53-29-10-14-34-61(53)69-63(54)62)49-25-16-18-43(41-49)56-38-39-65-64(66-56)44-19-15-20-45(40-44)67-59-33-13-9-28-52(59)55-42-46(36-37-60(55)67)68-57-31-11-7-26-50(57)51-27-8-12-32-58(51)68;1-3-21-46(22-4-1)70(47-23-5-2-6-24-47,60-35-17-30-53-52-29-10-14-34-59(52)69-61(53)60)48-25-16-19-43(39-48)63-65-41-64-62(66-63)42-18-15-20-44(38-42)67-57-33-13-9-28-51(57)54-40-45(36-37-58(54)67)68-55-31-11-7-26-49(55)50-27-8-12-32-56(50)68/h1-42H;1-41H. The second kappa shape index (κ2) is 33.4. The predicted molar refractivity (Wildman–Crippen MR) is 583 cm³/mol. The Morgan fingerprint density at radius 1 is 0.186 bits per heavy atom. The van der Waals surface area contributed by atoms with Crippen LogP contribution >= 0.6 is 0 Å². The molecule has 0 saturated heterocycles. The van der Waals surface area contributed by atoms with Crippen molar-refractivity contribution in [3.63, 3.8) is 0 Å². The number of fused-ring (bicyclic) bond motifs is 18. The Bertz CT molecular complexity index is 9020. The zero-order chi connectivity index (χ0) is 92.4. The molecule has 0 atom stereocenters. The largest absolute Gasteiger partial charge is 0.456 e. The number of nitrogens with zero attached hydrogens (tertiary/aromatic N) is 9. The summed E-state index contributed by atoms with van der Waals surface area (Å²) in [5.74, 6) is 1.88. The number of benzene rings is 20. The Morgan fingerprint density at radius 3 is 0.864 bits per heavy atom. The number of rotatable bonds is 16. The van der Waals surface area contributed by atoms with E-state index >= 15 is 0 Å². The van der Waals surface area contributed by atoms with Gasteiger partial charge < -0.3 is 27.1 Å². The first-order valence-corrected chi connectivity index (χ1v) is 51.5. The summed E-state index contributed by atoms with van der Waals surface area (Å²) in [6.07, 6.45) is 3.53. The predicted octanol–water partition coefficient (Wildman–Crippen LogP) is 26.0. The molecular formula is C127H83N9O2Si2. The van der Waals surface area contributed by atoms with E-state index in [4.69, 9.17) is 33.8 Å². The van der Waals surface area contributed by atoms with E-state index in [1.807, 2.05) is 24.4 Å². The lowest BCUT2D eigenvalue weighted by atomic mass is 10.1. The number of hydrogen-bond acceptors (Lipinski definition) is 7. The van der Waals surface area contributed by atoms with Gasteiger partial charge in [0.05, 0.1) is 49.8 Å². The first kappa shape index (κ1) is 81.3. The van der Waals surface area contributed by atoms with Crippen LogP contribution in [-0.4, -0.2) is 59.3 Å². The topological polar surface area (TPSA) is 110 Å². The van der Waals surface area contributed by atoms with E-state index in [2.05, 4.69) is 491 Å². The van der Waals surface area contributed by atoms with Crippen molar-refractivity contribution in [2.75, 3.05) is 0 Å². The van der Waals surface area contributed by atoms with Crippen LogP contribution in [0, 0.1) is 0 Å². The van der Waals surface area contributed by atoms with Gasteiger partial charge in [-0.15, -0.1) is 0 Å². The minimum atomic E-state index is -3.07. The first-order valence-electron chi connectivity index (χ1n) is 47.5. The van der Waals surface area contributed by atoms with E-state index in [0.29, 0.717) is 17.5 Å². The van der Waals surface area contributed by atoms with E-state index in [9.17, 15) is 0 Å². The van der Waals surface area contributed by atoms with Crippen LogP contribution in [0.3, 0.4) is 0 Å². The van der Waals surface area contributed by atoms with Crippen LogP contribution in [0.5, 0.6) is 0 Å². The molecule has 28 aromatic rings. The zero-order valence-corrected chi connectivity index (χ0v) is 77.8. The lowest BCUT2D eigenvalue weighted by Gasteiger charge is -2.34. The SMILES string of the molecule is c1ccc([Si](c2ccccc2)(c2cccc(-c3ccnc(-c4cccc(-n5c6ccccc6c6cc(-n7c8ccccc8c8ccccc87)ccc65)c4)n3)c2)c2cccc3c2oc2ccccc23)cc1.c1ccc([Si](c2ccccc2)(c2cccc(-c3ncnc(-c4cccc(-n5c6ccccc6c6cc(-n7c8ccccc8c8ccccc87)ccc65)c4)n3)c2)c2cccc3c2oc2ccccc23)cc1. The van der Waals surface area contributed by atoms with Gasteiger partial charge in [0.15, 0.2) is 33.6 Å². The Kier molecular flexibility index (Phi) is 19.4. The van der Waals surface area contributed by atoms with Gasteiger partial charge in [-0.05, 0) is 157 Å². The first-order chi connectivity index (χ1) is 69.4. The number of hydrogen-bond donors (Lipinski definition) is 0. The van der Waals surface area contributed by atoms with Gasteiger partial charge in [0.1, 0.15) is 28.7 Å². The summed E-state index contributed by atoms with van der Waals surface area (Å²) in [7, 11) is -6.10. The molecule has 0 amide bonds. The molecule has 0 aliphatic rings. The average Bonchev–Trinajstić information content (AvgIpc) is 1.21. The van der Waals surface area contributed by atoms with Gasteiger partial charge >= 0.3 is 0 Å². The third kappa shape index (κ3) is 13.0. The third-order valence-corrected chi connectivity index (χ3v) is 38.1. The van der Waals surface area contributed by atoms with Gasteiger partial charge in [0.25, 0.3) is 0 Å². The monoisotopic (exact) mass is 1820 g/mol. The molecule has 20 aromatic carbocycles. The van der Waals surface area contributed by atoms with Crippen molar-refractivity contribution in [1.29, 1.82) is 0 Å². The third-order valence-electron chi connectivity index (χ3n) is 28.5. The molecule has 140 heavy (non-hydrogen) atoms. The second-order valence-electron chi connectivity index (χ2n) is 36.0. The fourth-order valence-corrected chi connectivity index (χ4v) is 32.4. The highest BCUT2D eigenvalue weighted by atomic mass is 28.3. The molecule has 0 aliphatic carbocycles. The van der Waals surface area contributed by atoms with Gasteiger partial charge in [-0.25, -0.2) is 24.9 Å². The summed E-state index contributed by atoms with van der Waals surface area (Å²) in [5, 5.41) is 24.2. The van der Waals surface area contributed by atoms with E-state index in [1.165, 1.54) is 107 Å². The average molecular weight is 1820 g/mol.